The Morgan fingerprint density at radius 3 is 2.21 bits per heavy atom. The number of hydrogen-bond donors (Lipinski definition) is 3. The van der Waals surface area contributed by atoms with Crippen LogP contribution in [-0.2, 0) is 10.2 Å². The third-order valence-corrected chi connectivity index (χ3v) is 3.15. The van der Waals surface area contributed by atoms with Gasteiger partial charge in [-0.3, -0.25) is 0 Å². The molecule has 0 bridgehead atoms. The van der Waals surface area contributed by atoms with Gasteiger partial charge in [0.2, 0.25) is 0 Å². The molecule has 4 N–H and O–H groups in total. The number of rotatable bonds is 7. The van der Waals surface area contributed by atoms with Crippen LogP contribution in [0, 0.1) is 0 Å². The van der Waals surface area contributed by atoms with Crippen molar-refractivity contribution in [2.45, 2.75) is 45.7 Å². The third kappa shape index (κ3) is 6.31. The maximum atomic E-state index is 11.4. The quantitative estimate of drug-likeness (QED) is 0.565. The van der Waals surface area contributed by atoms with Crippen molar-refractivity contribution in [3.8, 4) is 0 Å². The summed E-state index contributed by atoms with van der Waals surface area (Å²) < 4.78 is 27.9. The smallest absolute Gasteiger partial charge is 0.277 e. The second-order valence-electron chi connectivity index (χ2n) is 3.58. The second kappa shape index (κ2) is 6.34. The van der Waals surface area contributed by atoms with Gasteiger partial charge in [-0.15, -0.1) is 0 Å². The first kappa shape index (κ1) is 13.8. The van der Waals surface area contributed by atoms with E-state index in [-0.39, 0.29) is 12.1 Å². The highest BCUT2D eigenvalue weighted by molar-refractivity contribution is 7.87. The van der Waals surface area contributed by atoms with Gasteiger partial charge in [0.25, 0.3) is 10.2 Å². The Hall–Kier alpha value is -0.170. The average Bonchev–Trinajstić information content (AvgIpc) is 2.00. The molecule has 0 saturated heterocycles. The zero-order valence-corrected chi connectivity index (χ0v) is 9.89. The second-order valence-corrected chi connectivity index (χ2v) is 5.05. The highest BCUT2D eigenvalue weighted by Gasteiger charge is 2.16. The number of nitrogens with one attached hydrogen (secondary N) is 2. The van der Waals surface area contributed by atoms with Gasteiger partial charge in [-0.2, -0.15) is 17.9 Å². The number of nitrogens with two attached hydrogens (primary N) is 1. The van der Waals surface area contributed by atoms with Crippen LogP contribution in [0.25, 0.3) is 0 Å². The van der Waals surface area contributed by atoms with Gasteiger partial charge in [-0.25, -0.2) is 0 Å². The summed E-state index contributed by atoms with van der Waals surface area (Å²) in [6.07, 6.45) is 1.41. The maximum Gasteiger partial charge on any atom is 0.277 e. The minimum atomic E-state index is -3.37. The molecule has 0 radical (unpaired) electrons. The van der Waals surface area contributed by atoms with Crippen LogP contribution in [0.15, 0.2) is 0 Å². The molecule has 0 aromatic heterocycles. The SMILES string of the molecule is CCC(CCN)NS(=O)(=O)NC(C)C. The fraction of sp³-hybridized carbons (Fsp3) is 1.00. The maximum absolute atomic E-state index is 11.4. The van der Waals surface area contributed by atoms with E-state index in [9.17, 15) is 8.42 Å². The number of hydrogen-bond acceptors (Lipinski definition) is 3. The Bertz CT molecular complexity index is 239. The van der Waals surface area contributed by atoms with Crippen LogP contribution in [0.1, 0.15) is 33.6 Å². The lowest BCUT2D eigenvalue weighted by Crippen LogP contribution is -2.45. The Labute approximate surface area is 86.6 Å². The summed E-state index contributed by atoms with van der Waals surface area (Å²) in [4.78, 5) is 0. The van der Waals surface area contributed by atoms with Gasteiger partial charge < -0.3 is 5.73 Å². The standard InChI is InChI=1S/C8H21N3O2S/c1-4-8(5-6-9)11-14(12,13)10-7(2)3/h7-8,10-11H,4-6,9H2,1-3H3. The summed E-state index contributed by atoms with van der Waals surface area (Å²) in [5, 5.41) is 0. The van der Waals surface area contributed by atoms with Gasteiger partial charge in [0, 0.05) is 12.1 Å². The van der Waals surface area contributed by atoms with E-state index in [1.54, 1.807) is 13.8 Å². The van der Waals surface area contributed by atoms with Gasteiger partial charge in [-0.05, 0) is 33.2 Å². The molecule has 0 aromatic rings. The van der Waals surface area contributed by atoms with Gasteiger partial charge in [0.05, 0.1) is 0 Å². The molecule has 0 spiro atoms. The molecule has 0 heterocycles. The normalized spacial score (nSPS) is 14.6. The predicted octanol–water partition coefficient (Wildman–Crippen LogP) is -0.0538. The molecule has 14 heavy (non-hydrogen) atoms. The molecule has 0 aliphatic rings. The van der Waals surface area contributed by atoms with Gasteiger partial charge in [-0.1, -0.05) is 6.92 Å². The fourth-order valence-corrected chi connectivity index (χ4v) is 2.52. The first-order chi connectivity index (χ1) is 6.41. The van der Waals surface area contributed by atoms with Crippen LogP contribution >= 0.6 is 0 Å². The largest absolute Gasteiger partial charge is 0.330 e. The molecule has 0 fully saturated rings. The molecule has 0 saturated carbocycles. The van der Waals surface area contributed by atoms with E-state index < -0.39 is 10.2 Å². The summed E-state index contributed by atoms with van der Waals surface area (Å²) >= 11 is 0. The summed E-state index contributed by atoms with van der Waals surface area (Å²) in [6.45, 7) is 5.98. The monoisotopic (exact) mass is 223 g/mol. The van der Waals surface area contributed by atoms with Crippen molar-refractivity contribution in [3.63, 3.8) is 0 Å². The van der Waals surface area contributed by atoms with Crippen molar-refractivity contribution in [1.29, 1.82) is 0 Å². The van der Waals surface area contributed by atoms with Crippen molar-refractivity contribution in [3.05, 3.63) is 0 Å². The Morgan fingerprint density at radius 1 is 1.29 bits per heavy atom. The first-order valence-corrected chi connectivity index (χ1v) is 6.39. The first-order valence-electron chi connectivity index (χ1n) is 4.91. The van der Waals surface area contributed by atoms with Gasteiger partial charge in [0.15, 0.2) is 0 Å². The van der Waals surface area contributed by atoms with E-state index in [2.05, 4.69) is 9.44 Å². The minimum Gasteiger partial charge on any atom is -0.330 e. The molecule has 0 aromatic carbocycles. The lowest BCUT2D eigenvalue weighted by molar-refractivity contribution is 0.506. The zero-order valence-electron chi connectivity index (χ0n) is 9.08. The summed E-state index contributed by atoms with van der Waals surface area (Å²) in [6, 6.07) is -0.167. The minimum absolute atomic E-state index is 0.0729. The fourth-order valence-electron chi connectivity index (χ4n) is 1.11. The van der Waals surface area contributed by atoms with E-state index in [1.165, 1.54) is 0 Å². The molecule has 5 nitrogen and oxygen atoms in total. The molecule has 1 unspecified atom stereocenters. The summed E-state index contributed by atoms with van der Waals surface area (Å²) in [5.41, 5.74) is 5.37. The molecule has 0 amide bonds. The van der Waals surface area contributed by atoms with Crippen molar-refractivity contribution < 1.29 is 8.42 Å². The van der Waals surface area contributed by atoms with Crippen LogP contribution in [-0.4, -0.2) is 27.0 Å². The van der Waals surface area contributed by atoms with Crippen LogP contribution in [0.4, 0.5) is 0 Å². The topological polar surface area (TPSA) is 84.2 Å². The Morgan fingerprint density at radius 2 is 1.86 bits per heavy atom. The molecule has 0 aliphatic carbocycles. The van der Waals surface area contributed by atoms with E-state index in [1.807, 2.05) is 6.92 Å². The van der Waals surface area contributed by atoms with E-state index in [0.717, 1.165) is 6.42 Å². The summed E-state index contributed by atoms with van der Waals surface area (Å²) in [7, 11) is -3.37. The van der Waals surface area contributed by atoms with E-state index in [4.69, 9.17) is 5.73 Å². The average molecular weight is 223 g/mol. The van der Waals surface area contributed by atoms with Gasteiger partial charge in [0.1, 0.15) is 0 Å². The Balaban J connectivity index is 4.18. The highest BCUT2D eigenvalue weighted by Crippen LogP contribution is 1.98. The van der Waals surface area contributed by atoms with Crippen LogP contribution in [0.3, 0.4) is 0 Å². The molecule has 86 valence electrons. The van der Waals surface area contributed by atoms with Crippen LogP contribution < -0.4 is 15.2 Å². The van der Waals surface area contributed by atoms with Crippen LogP contribution in [0.5, 0.6) is 0 Å². The molecular formula is C8H21N3O2S. The molecule has 0 rings (SSSR count). The third-order valence-electron chi connectivity index (χ3n) is 1.72. The molecule has 1 atom stereocenters. The van der Waals surface area contributed by atoms with Gasteiger partial charge >= 0.3 is 0 Å². The molecular weight excluding hydrogens is 202 g/mol. The Kier molecular flexibility index (Phi) is 6.26. The lowest BCUT2D eigenvalue weighted by Gasteiger charge is -2.17. The van der Waals surface area contributed by atoms with Crippen LogP contribution in [0.2, 0.25) is 0 Å². The predicted molar refractivity (Wildman–Crippen MR) is 58.1 cm³/mol. The molecule has 0 aliphatic heterocycles. The van der Waals surface area contributed by atoms with Crippen molar-refractivity contribution in [2.24, 2.45) is 5.73 Å². The van der Waals surface area contributed by atoms with E-state index >= 15 is 0 Å². The lowest BCUT2D eigenvalue weighted by atomic mass is 10.2. The summed E-state index contributed by atoms with van der Waals surface area (Å²) in [5.74, 6) is 0. The zero-order chi connectivity index (χ0) is 11.2. The highest BCUT2D eigenvalue weighted by atomic mass is 32.2. The van der Waals surface area contributed by atoms with Crippen molar-refractivity contribution in [1.82, 2.24) is 9.44 Å². The molecule has 6 heteroatoms. The van der Waals surface area contributed by atoms with Crippen molar-refractivity contribution >= 4 is 10.2 Å². The van der Waals surface area contributed by atoms with Crippen molar-refractivity contribution in [2.75, 3.05) is 6.54 Å². The van der Waals surface area contributed by atoms with E-state index in [0.29, 0.717) is 13.0 Å².